The zero-order chi connectivity index (χ0) is 48.1. The number of carbonyl (C=O) groups is 1. The molecule has 23 heteroatoms. The van der Waals surface area contributed by atoms with Crippen LogP contribution < -0.4 is 9.47 Å². The van der Waals surface area contributed by atoms with Crippen LogP contribution in [0.3, 0.4) is 0 Å². The molecule has 0 radical (unpaired) electrons. The first-order valence-electron chi connectivity index (χ1n) is 22.8. The Morgan fingerprint density at radius 3 is 1.46 bits per heavy atom. The lowest BCUT2D eigenvalue weighted by Crippen LogP contribution is -2.57. The van der Waals surface area contributed by atoms with Crippen LogP contribution in [0.4, 0.5) is 4.79 Å². The molecule has 0 saturated carbocycles. The molecular formula is C47H44Cl4N14O5. The fraction of sp³-hybridized carbons (Fsp3) is 0.340. The van der Waals surface area contributed by atoms with E-state index in [4.69, 9.17) is 65.8 Å². The molecule has 4 unspecified atom stereocenters. The van der Waals surface area contributed by atoms with Gasteiger partial charge in [0, 0.05) is 86.0 Å². The molecular weight excluding hydrogens is 982 g/mol. The number of nitrogens with one attached hydrogen (secondary N) is 4. The summed E-state index contributed by atoms with van der Waals surface area (Å²) in [5, 5.41) is 41.5. The van der Waals surface area contributed by atoms with Gasteiger partial charge in [-0.25, -0.2) is 14.8 Å². The van der Waals surface area contributed by atoms with E-state index in [9.17, 15) is 15.0 Å². The normalized spacial score (nSPS) is 21.3. The van der Waals surface area contributed by atoms with Crippen molar-refractivity contribution in [2.24, 2.45) is 0 Å². The number of halogens is 4. The number of hydrogen-bond donors (Lipinski definition) is 6. The summed E-state index contributed by atoms with van der Waals surface area (Å²) in [5.41, 5.74) is 7.53. The van der Waals surface area contributed by atoms with Gasteiger partial charge in [-0.15, -0.1) is 0 Å². The van der Waals surface area contributed by atoms with Crippen molar-refractivity contribution in [3.05, 3.63) is 115 Å². The van der Waals surface area contributed by atoms with E-state index in [2.05, 4.69) is 50.1 Å². The van der Waals surface area contributed by atoms with Crippen LogP contribution in [0.15, 0.2) is 61.2 Å². The van der Waals surface area contributed by atoms with Crippen LogP contribution in [0.5, 0.6) is 11.5 Å². The van der Waals surface area contributed by atoms with E-state index < -0.39 is 36.7 Å². The third kappa shape index (κ3) is 7.79. The highest BCUT2D eigenvalue weighted by atomic mass is 35.5. The largest absolute Gasteiger partial charge is 0.486 e. The summed E-state index contributed by atoms with van der Waals surface area (Å²) in [6, 6.07) is 11.1. The number of urea groups is 1. The number of benzene rings is 2. The van der Waals surface area contributed by atoms with Gasteiger partial charge in [0.25, 0.3) is 0 Å². The first kappa shape index (κ1) is 45.1. The molecule has 4 aliphatic heterocycles. The Morgan fingerprint density at radius 1 is 0.643 bits per heavy atom. The molecule has 360 valence electrons. The zero-order valence-electron chi connectivity index (χ0n) is 37.5. The molecule has 70 heavy (non-hydrogen) atoms. The number of fused-ring (bicyclic) bond motifs is 4. The van der Waals surface area contributed by atoms with Crippen LogP contribution in [0.25, 0.3) is 44.8 Å². The maximum atomic E-state index is 14.6. The number of hydrogen-bond acceptors (Lipinski definition) is 13. The second kappa shape index (κ2) is 17.7. The SMILES string of the molecule is CC(Oc1ccc2[nH]nc(-c3nc4c([nH]3)CN([C@@H]3C(O)CCN3C(=O)N3CCC(O)[C@H]3N3Cc5nc(-c6n[nH]c7ccc(OC(C)c8c(Cl)cncc8Cl)cc67)[nH]c5C3)C4)c2c1)c1c(Cl)cncc1Cl. The molecule has 0 aliphatic carbocycles. The molecule has 0 spiro atoms. The van der Waals surface area contributed by atoms with E-state index in [0.717, 1.165) is 44.6 Å². The van der Waals surface area contributed by atoms with Crippen LogP contribution in [0.1, 0.15) is 72.8 Å². The van der Waals surface area contributed by atoms with Crippen molar-refractivity contribution in [2.75, 3.05) is 13.1 Å². The number of aliphatic hydroxyl groups excluding tert-OH is 2. The highest BCUT2D eigenvalue weighted by molar-refractivity contribution is 6.36. The molecule has 6 atom stereocenters. The average Bonchev–Trinajstić information content (AvgIpc) is 4.19. The number of likely N-dealkylation sites (tertiary alicyclic amines) is 2. The number of aliphatic hydroxyl groups is 2. The molecule has 12 rings (SSSR count). The number of pyridine rings is 2. The minimum Gasteiger partial charge on any atom is -0.486 e. The molecule has 6 aromatic heterocycles. The van der Waals surface area contributed by atoms with Crippen molar-refractivity contribution in [2.45, 2.75) is 89.6 Å². The number of amides is 2. The van der Waals surface area contributed by atoms with Gasteiger partial charge < -0.3 is 39.5 Å². The molecule has 2 fully saturated rings. The Hall–Kier alpha value is -6.03. The number of aromatic amines is 4. The third-order valence-electron chi connectivity index (χ3n) is 13.8. The number of aromatic nitrogens is 10. The maximum Gasteiger partial charge on any atom is 0.322 e. The van der Waals surface area contributed by atoms with Crippen molar-refractivity contribution >= 4 is 74.2 Å². The molecule has 0 bridgehead atoms. The lowest BCUT2D eigenvalue weighted by molar-refractivity contribution is -0.0181. The van der Waals surface area contributed by atoms with E-state index in [0.29, 0.717) is 118 Å². The quantitative estimate of drug-likeness (QED) is 0.0761. The van der Waals surface area contributed by atoms with E-state index in [1.807, 2.05) is 50.2 Å². The Balaban J connectivity index is 0.717. The van der Waals surface area contributed by atoms with E-state index in [1.165, 1.54) is 24.8 Å². The van der Waals surface area contributed by atoms with Gasteiger partial charge in [-0.2, -0.15) is 10.2 Å². The number of imidazole rings is 2. The number of H-pyrrole nitrogens is 4. The van der Waals surface area contributed by atoms with Gasteiger partial charge in [-0.3, -0.25) is 30.0 Å². The fourth-order valence-electron chi connectivity index (χ4n) is 10.5. The lowest BCUT2D eigenvalue weighted by Gasteiger charge is -2.39. The number of ether oxygens (including phenoxy) is 2. The summed E-state index contributed by atoms with van der Waals surface area (Å²) in [6.07, 6.45) is 3.37. The smallest absolute Gasteiger partial charge is 0.322 e. The van der Waals surface area contributed by atoms with Gasteiger partial charge in [0.05, 0.1) is 66.1 Å². The van der Waals surface area contributed by atoms with Crippen molar-refractivity contribution in [1.29, 1.82) is 0 Å². The third-order valence-corrected chi connectivity index (χ3v) is 15.0. The minimum atomic E-state index is -0.775. The van der Waals surface area contributed by atoms with Gasteiger partial charge >= 0.3 is 6.03 Å². The molecule has 19 nitrogen and oxygen atoms in total. The Labute approximate surface area is 419 Å². The summed E-state index contributed by atoms with van der Waals surface area (Å²) in [6.45, 7) is 6.17. The fourth-order valence-corrected chi connectivity index (χ4v) is 11.9. The molecule has 2 aromatic carbocycles. The summed E-state index contributed by atoms with van der Waals surface area (Å²) < 4.78 is 12.6. The van der Waals surface area contributed by atoms with Crippen molar-refractivity contribution in [1.82, 2.24) is 69.9 Å². The summed E-state index contributed by atoms with van der Waals surface area (Å²) in [5.74, 6) is 2.38. The van der Waals surface area contributed by atoms with Gasteiger partial charge in [0.1, 0.15) is 47.4 Å². The lowest BCUT2D eigenvalue weighted by atomic mass is 10.1. The van der Waals surface area contributed by atoms with Crippen LogP contribution in [-0.2, 0) is 26.2 Å². The van der Waals surface area contributed by atoms with Gasteiger partial charge in [-0.05, 0) is 63.1 Å². The Morgan fingerprint density at radius 2 is 1.06 bits per heavy atom. The average molecular weight is 1030 g/mol. The first-order chi connectivity index (χ1) is 33.9. The van der Waals surface area contributed by atoms with E-state index >= 15 is 0 Å². The second-order valence-corrected chi connectivity index (χ2v) is 19.8. The van der Waals surface area contributed by atoms with E-state index in [-0.39, 0.29) is 6.03 Å². The number of rotatable bonds is 10. The molecule has 4 aliphatic rings. The minimum absolute atomic E-state index is 0.232. The molecule has 2 saturated heterocycles. The predicted octanol–water partition coefficient (Wildman–Crippen LogP) is 8.14. The second-order valence-electron chi connectivity index (χ2n) is 18.2. The van der Waals surface area contributed by atoms with Crippen LogP contribution in [0, 0.1) is 0 Å². The Kier molecular flexibility index (Phi) is 11.4. The standard InChI is InChI=1S/C47H44Cl4N14O5/c1-21(39-27(48)13-52-14-28(39)49)69-23-3-5-31-25(11-23)41(60-58-31)43-54-33-17-62(18-34(33)55-43)45-37(66)7-9-64(45)47(68)65-10-8-38(67)46(65)63-19-35-36(20-63)57-44(56-35)42-26-12-24(4-6-32(26)59-61-42)70-22(2)40-29(50)15-53-16-30(40)51/h3-6,11-16,21-22,37-38,45-46,66-67H,7-10,17-20H2,1-2H3,(H,54,55)(H,56,57)(H,58,60)(H,59,61)/t21?,22?,37?,38?,45-,46-/m0/s1. The summed E-state index contributed by atoms with van der Waals surface area (Å²) >= 11 is 25.6. The molecule has 10 heterocycles. The van der Waals surface area contributed by atoms with Crippen molar-refractivity contribution < 1.29 is 24.5 Å². The zero-order valence-corrected chi connectivity index (χ0v) is 40.5. The summed E-state index contributed by atoms with van der Waals surface area (Å²) in [7, 11) is 0. The van der Waals surface area contributed by atoms with Crippen molar-refractivity contribution in [3.8, 4) is 34.5 Å². The number of nitrogens with zero attached hydrogens (tertiary/aromatic N) is 10. The van der Waals surface area contributed by atoms with Crippen molar-refractivity contribution in [3.63, 3.8) is 0 Å². The van der Waals surface area contributed by atoms with Crippen LogP contribution >= 0.6 is 46.4 Å². The van der Waals surface area contributed by atoms with Gasteiger partial charge in [0.2, 0.25) is 0 Å². The van der Waals surface area contributed by atoms with Crippen LogP contribution in [-0.4, -0.2) is 124 Å². The molecule has 8 aromatic rings. The molecule has 6 N–H and O–H groups in total. The van der Waals surface area contributed by atoms with Gasteiger partial charge in [0.15, 0.2) is 11.6 Å². The highest BCUT2D eigenvalue weighted by Gasteiger charge is 2.49. The van der Waals surface area contributed by atoms with Crippen LogP contribution in [0.2, 0.25) is 20.1 Å². The predicted molar refractivity (Wildman–Crippen MR) is 260 cm³/mol. The van der Waals surface area contributed by atoms with E-state index in [1.54, 1.807) is 9.80 Å². The highest BCUT2D eigenvalue weighted by Crippen LogP contribution is 2.40. The topological polar surface area (TPSA) is 229 Å². The van der Waals surface area contributed by atoms with Gasteiger partial charge in [-0.1, -0.05) is 46.4 Å². The first-order valence-corrected chi connectivity index (χ1v) is 24.3. The molecule has 2 amide bonds. The Bertz CT molecular complexity index is 3040. The number of carbonyl (C=O) groups excluding carboxylic acids is 1. The monoisotopic (exact) mass is 1020 g/mol. The maximum absolute atomic E-state index is 14.6. The summed E-state index contributed by atoms with van der Waals surface area (Å²) in [4.78, 5) is 47.2.